The number of anilines is 1. The van der Waals surface area contributed by atoms with Crippen molar-refractivity contribution in [3.8, 4) is 0 Å². The van der Waals surface area contributed by atoms with Crippen LogP contribution in [0.1, 0.15) is 31.9 Å². The van der Waals surface area contributed by atoms with Crippen LogP contribution in [0.4, 0.5) is 5.69 Å². The topological polar surface area (TPSA) is 45.1 Å². The molecule has 1 aliphatic rings. The molecular formula is C12H18N2O. The van der Waals surface area contributed by atoms with Crippen LogP contribution >= 0.6 is 0 Å². The van der Waals surface area contributed by atoms with Gasteiger partial charge >= 0.3 is 0 Å². The summed E-state index contributed by atoms with van der Waals surface area (Å²) in [6.07, 6.45) is 5.53. The standard InChI is InChI=1S/C12H18N2O/c1-2-9-7-11(5-6-13-9)14-10-3-4-12(15)8-10/h5-7,10,12,15H,2-4,8H2,1H3,(H,13,14). The van der Waals surface area contributed by atoms with Gasteiger partial charge in [0, 0.05) is 23.6 Å². The number of nitrogens with zero attached hydrogens (tertiary/aromatic N) is 1. The van der Waals surface area contributed by atoms with Gasteiger partial charge in [-0.15, -0.1) is 0 Å². The van der Waals surface area contributed by atoms with E-state index in [-0.39, 0.29) is 6.10 Å². The molecule has 2 unspecified atom stereocenters. The number of pyridine rings is 1. The number of rotatable bonds is 3. The molecule has 0 aromatic carbocycles. The highest BCUT2D eigenvalue weighted by Crippen LogP contribution is 2.22. The third-order valence-corrected chi connectivity index (χ3v) is 2.95. The van der Waals surface area contributed by atoms with Crippen LogP contribution in [0.3, 0.4) is 0 Å². The smallest absolute Gasteiger partial charge is 0.0560 e. The van der Waals surface area contributed by atoms with Crippen molar-refractivity contribution in [3.05, 3.63) is 24.0 Å². The Kier molecular flexibility index (Phi) is 3.21. The summed E-state index contributed by atoms with van der Waals surface area (Å²) in [5.74, 6) is 0. The first-order valence-corrected chi connectivity index (χ1v) is 5.67. The Morgan fingerprint density at radius 1 is 1.53 bits per heavy atom. The van der Waals surface area contributed by atoms with Crippen molar-refractivity contribution in [1.29, 1.82) is 0 Å². The molecule has 1 heterocycles. The summed E-state index contributed by atoms with van der Waals surface area (Å²) in [5.41, 5.74) is 2.24. The molecule has 0 saturated heterocycles. The van der Waals surface area contributed by atoms with Gasteiger partial charge in [0.25, 0.3) is 0 Å². The molecule has 2 rings (SSSR count). The average Bonchev–Trinajstić information content (AvgIpc) is 2.64. The summed E-state index contributed by atoms with van der Waals surface area (Å²) in [6.45, 7) is 2.10. The zero-order valence-electron chi connectivity index (χ0n) is 9.11. The van der Waals surface area contributed by atoms with Crippen LogP contribution in [0.25, 0.3) is 0 Å². The normalized spacial score (nSPS) is 25.5. The number of aryl methyl sites for hydroxylation is 1. The summed E-state index contributed by atoms with van der Waals surface area (Å²) < 4.78 is 0. The zero-order valence-corrected chi connectivity index (χ0v) is 9.11. The Hall–Kier alpha value is -1.09. The fourth-order valence-electron chi connectivity index (χ4n) is 2.09. The molecule has 0 bridgehead atoms. The van der Waals surface area contributed by atoms with Crippen molar-refractivity contribution in [2.24, 2.45) is 0 Å². The number of aliphatic hydroxyl groups is 1. The second kappa shape index (κ2) is 4.62. The average molecular weight is 206 g/mol. The Bertz CT molecular complexity index is 327. The second-order valence-corrected chi connectivity index (χ2v) is 4.20. The summed E-state index contributed by atoms with van der Waals surface area (Å²) in [5, 5.41) is 12.9. The van der Waals surface area contributed by atoms with Gasteiger partial charge in [-0.3, -0.25) is 4.98 Å². The monoisotopic (exact) mass is 206 g/mol. The van der Waals surface area contributed by atoms with Crippen molar-refractivity contribution >= 4 is 5.69 Å². The fraction of sp³-hybridized carbons (Fsp3) is 0.583. The molecule has 1 aromatic heterocycles. The van der Waals surface area contributed by atoms with E-state index < -0.39 is 0 Å². The third kappa shape index (κ3) is 2.69. The minimum atomic E-state index is -0.116. The Morgan fingerprint density at radius 3 is 3.07 bits per heavy atom. The van der Waals surface area contributed by atoms with Crippen molar-refractivity contribution in [2.45, 2.75) is 44.8 Å². The van der Waals surface area contributed by atoms with E-state index >= 15 is 0 Å². The van der Waals surface area contributed by atoms with Gasteiger partial charge in [0.1, 0.15) is 0 Å². The number of hydrogen-bond acceptors (Lipinski definition) is 3. The summed E-state index contributed by atoms with van der Waals surface area (Å²) in [6, 6.07) is 4.50. The predicted octanol–water partition coefficient (Wildman–Crippen LogP) is 1.97. The van der Waals surface area contributed by atoms with Crippen LogP contribution in [0.2, 0.25) is 0 Å². The van der Waals surface area contributed by atoms with Crippen LogP contribution in [0.15, 0.2) is 18.3 Å². The molecule has 0 spiro atoms. The van der Waals surface area contributed by atoms with Crippen molar-refractivity contribution in [2.75, 3.05) is 5.32 Å². The van der Waals surface area contributed by atoms with Gasteiger partial charge in [-0.05, 0) is 37.8 Å². The van der Waals surface area contributed by atoms with Crippen LogP contribution in [-0.2, 0) is 6.42 Å². The molecule has 82 valence electrons. The number of hydrogen-bond donors (Lipinski definition) is 2. The van der Waals surface area contributed by atoms with Crippen LogP contribution in [0.5, 0.6) is 0 Å². The van der Waals surface area contributed by atoms with Crippen LogP contribution in [-0.4, -0.2) is 22.2 Å². The lowest BCUT2D eigenvalue weighted by molar-refractivity contribution is 0.182. The maximum absolute atomic E-state index is 9.43. The van der Waals surface area contributed by atoms with E-state index in [1.807, 2.05) is 12.3 Å². The third-order valence-electron chi connectivity index (χ3n) is 2.95. The zero-order chi connectivity index (χ0) is 10.7. The highest BCUT2D eigenvalue weighted by Gasteiger charge is 2.22. The lowest BCUT2D eigenvalue weighted by Gasteiger charge is -2.13. The molecule has 3 heteroatoms. The lowest BCUT2D eigenvalue weighted by atomic mass is 10.2. The molecule has 1 fully saturated rings. The van der Waals surface area contributed by atoms with E-state index in [1.165, 1.54) is 0 Å². The summed E-state index contributed by atoms with van der Waals surface area (Å²) >= 11 is 0. The first-order valence-electron chi connectivity index (χ1n) is 5.67. The first kappa shape index (κ1) is 10.4. The second-order valence-electron chi connectivity index (χ2n) is 4.20. The van der Waals surface area contributed by atoms with E-state index in [0.29, 0.717) is 6.04 Å². The molecule has 3 nitrogen and oxygen atoms in total. The number of nitrogens with one attached hydrogen (secondary N) is 1. The highest BCUT2D eigenvalue weighted by molar-refractivity contribution is 5.44. The van der Waals surface area contributed by atoms with Gasteiger partial charge < -0.3 is 10.4 Å². The number of aromatic nitrogens is 1. The molecule has 0 amide bonds. The van der Waals surface area contributed by atoms with E-state index in [4.69, 9.17) is 0 Å². The SMILES string of the molecule is CCc1cc(NC2CCC(O)C2)ccn1. The molecule has 1 saturated carbocycles. The first-order chi connectivity index (χ1) is 7.28. The molecule has 1 aliphatic carbocycles. The van der Waals surface area contributed by atoms with Crippen LogP contribution < -0.4 is 5.32 Å². The maximum atomic E-state index is 9.43. The van der Waals surface area contributed by atoms with E-state index in [1.54, 1.807) is 0 Å². The predicted molar refractivity (Wildman–Crippen MR) is 60.9 cm³/mol. The van der Waals surface area contributed by atoms with E-state index in [2.05, 4.69) is 23.3 Å². The van der Waals surface area contributed by atoms with Gasteiger partial charge in [0.2, 0.25) is 0 Å². The highest BCUT2D eigenvalue weighted by atomic mass is 16.3. The fourth-order valence-corrected chi connectivity index (χ4v) is 2.09. The Balaban J connectivity index is 1.98. The molecule has 15 heavy (non-hydrogen) atoms. The van der Waals surface area contributed by atoms with Gasteiger partial charge in [-0.2, -0.15) is 0 Å². The Morgan fingerprint density at radius 2 is 2.40 bits per heavy atom. The van der Waals surface area contributed by atoms with Gasteiger partial charge in [0.05, 0.1) is 6.10 Å². The minimum Gasteiger partial charge on any atom is -0.393 e. The van der Waals surface area contributed by atoms with Crippen LogP contribution in [0, 0.1) is 0 Å². The summed E-state index contributed by atoms with van der Waals surface area (Å²) in [7, 11) is 0. The molecule has 0 radical (unpaired) electrons. The largest absolute Gasteiger partial charge is 0.393 e. The minimum absolute atomic E-state index is 0.116. The van der Waals surface area contributed by atoms with Crippen molar-refractivity contribution in [3.63, 3.8) is 0 Å². The quantitative estimate of drug-likeness (QED) is 0.794. The number of aliphatic hydroxyl groups excluding tert-OH is 1. The van der Waals surface area contributed by atoms with Gasteiger partial charge in [-0.25, -0.2) is 0 Å². The van der Waals surface area contributed by atoms with Crippen molar-refractivity contribution in [1.82, 2.24) is 4.98 Å². The molecule has 0 aliphatic heterocycles. The van der Waals surface area contributed by atoms with E-state index in [0.717, 1.165) is 37.1 Å². The lowest BCUT2D eigenvalue weighted by Crippen LogP contribution is -2.16. The molecular weight excluding hydrogens is 188 g/mol. The molecule has 2 atom stereocenters. The summed E-state index contributed by atoms with van der Waals surface area (Å²) in [4.78, 5) is 4.26. The van der Waals surface area contributed by atoms with E-state index in [9.17, 15) is 5.11 Å². The molecule has 1 aromatic rings. The van der Waals surface area contributed by atoms with Crippen molar-refractivity contribution < 1.29 is 5.11 Å². The van der Waals surface area contributed by atoms with Gasteiger partial charge in [0.15, 0.2) is 0 Å². The molecule has 2 N–H and O–H groups in total. The maximum Gasteiger partial charge on any atom is 0.0560 e. The van der Waals surface area contributed by atoms with Gasteiger partial charge in [-0.1, -0.05) is 6.92 Å². The Labute approximate surface area is 90.5 Å².